The van der Waals surface area contributed by atoms with Crippen LogP contribution in [-0.4, -0.2) is 62.2 Å². The van der Waals surface area contributed by atoms with Crippen LogP contribution in [0.4, 0.5) is 10.1 Å². The molecule has 29 heavy (non-hydrogen) atoms. The van der Waals surface area contributed by atoms with Gasteiger partial charge in [0.1, 0.15) is 11.6 Å². The molecule has 2 aromatic carbocycles. The van der Waals surface area contributed by atoms with Gasteiger partial charge < -0.3 is 9.64 Å². The molecule has 0 spiro atoms. The minimum atomic E-state index is -0.273. The minimum Gasteiger partial charge on any atom is -0.497 e. The molecule has 1 atom stereocenters. The quantitative estimate of drug-likeness (QED) is 0.722. The average Bonchev–Trinajstić information content (AvgIpc) is 2.76. The lowest BCUT2D eigenvalue weighted by Gasteiger charge is -2.44. The van der Waals surface area contributed by atoms with Crippen LogP contribution in [0.25, 0.3) is 0 Å². The van der Waals surface area contributed by atoms with Crippen molar-refractivity contribution < 1.29 is 9.13 Å². The van der Waals surface area contributed by atoms with E-state index in [1.165, 1.54) is 30.7 Å². The molecule has 0 bridgehead atoms. The van der Waals surface area contributed by atoms with Crippen molar-refractivity contribution in [2.45, 2.75) is 25.4 Å². The van der Waals surface area contributed by atoms with E-state index >= 15 is 0 Å². The number of piperazine rings is 1. The van der Waals surface area contributed by atoms with Crippen LogP contribution >= 0.6 is 11.6 Å². The number of hydrogen-bond donors (Lipinski definition) is 0. The second-order valence-electron chi connectivity index (χ2n) is 7.99. The number of nitrogens with zero attached hydrogens (tertiary/aromatic N) is 3. The molecular weight excluding hydrogens is 389 g/mol. The first-order valence-electron chi connectivity index (χ1n) is 10.4. The van der Waals surface area contributed by atoms with Crippen LogP contribution in [0.1, 0.15) is 18.4 Å². The van der Waals surface area contributed by atoms with E-state index < -0.39 is 0 Å². The van der Waals surface area contributed by atoms with E-state index in [1.54, 1.807) is 7.11 Å². The predicted octanol–water partition coefficient (Wildman–Crippen LogP) is 4.27. The summed E-state index contributed by atoms with van der Waals surface area (Å²) in [7, 11) is 1.70. The molecule has 0 unspecified atom stereocenters. The largest absolute Gasteiger partial charge is 0.497 e. The van der Waals surface area contributed by atoms with Gasteiger partial charge in [-0.1, -0.05) is 17.7 Å². The summed E-state index contributed by atoms with van der Waals surface area (Å²) in [6.45, 7) is 7.19. The summed E-state index contributed by atoms with van der Waals surface area (Å²) in [6.07, 6.45) is 2.44. The maximum atomic E-state index is 13.3. The monoisotopic (exact) mass is 417 g/mol. The lowest BCUT2D eigenvalue weighted by molar-refractivity contribution is 0.0888. The first-order chi connectivity index (χ1) is 14.1. The number of rotatable bonds is 5. The fourth-order valence-electron chi connectivity index (χ4n) is 4.50. The highest BCUT2D eigenvalue weighted by Crippen LogP contribution is 2.25. The molecule has 0 aromatic heterocycles. The Morgan fingerprint density at radius 1 is 1.03 bits per heavy atom. The van der Waals surface area contributed by atoms with Gasteiger partial charge in [0.05, 0.1) is 7.11 Å². The zero-order valence-corrected chi connectivity index (χ0v) is 17.7. The number of ether oxygens (including phenoxy) is 1. The van der Waals surface area contributed by atoms with Crippen molar-refractivity contribution in [2.75, 3.05) is 51.3 Å². The van der Waals surface area contributed by atoms with Crippen LogP contribution in [0.5, 0.6) is 5.75 Å². The summed E-state index contributed by atoms with van der Waals surface area (Å²) in [4.78, 5) is 7.55. The summed E-state index contributed by atoms with van der Waals surface area (Å²) < 4.78 is 18.6. The van der Waals surface area contributed by atoms with Gasteiger partial charge in [0.25, 0.3) is 0 Å². The molecular formula is C23H29ClFN3O. The Morgan fingerprint density at radius 2 is 1.79 bits per heavy atom. The number of likely N-dealkylation sites (tertiary alicyclic amines) is 1. The highest BCUT2D eigenvalue weighted by molar-refractivity contribution is 6.31. The van der Waals surface area contributed by atoms with Gasteiger partial charge in [-0.3, -0.25) is 9.80 Å². The minimum absolute atomic E-state index is 0.273. The number of anilines is 1. The summed E-state index contributed by atoms with van der Waals surface area (Å²) in [5.74, 6) is 0.626. The highest BCUT2D eigenvalue weighted by atomic mass is 35.5. The molecule has 6 heteroatoms. The van der Waals surface area contributed by atoms with E-state index in [1.807, 2.05) is 18.2 Å². The zero-order valence-electron chi connectivity index (χ0n) is 17.0. The van der Waals surface area contributed by atoms with Crippen molar-refractivity contribution in [1.82, 2.24) is 9.80 Å². The molecule has 2 saturated heterocycles. The van der Waals surface area contributed by atoms with Gasteiger partial charge in [-0.2, -0.15) is 0 Å². The van der Waals surface area contributed by atoms with Crippen molar-refractivity contribution in [3.05, 3.63) is 58.9 Å². The van der Waals surface area contributed by atoms with Gasteiger partial charge >= 0.3 is 0 Å². The fraction of sp³-hybridized carbons (Fsp3) is 0.478. The Hall–Kier alpha value is -1.82. The third kappa shape index (κ3) is 5.03. The molecule has 4 nitrogen and oxygen atoms in total. The van der Waals surface area contributed by atoms with E-state index in [0.717, 1.165) is 57.1 Å². The molecule has 156 valence electrons. The van der Waals surface area contributed by atoms with Crippen LogP contribution < -0.4 is 9.64 Å². The molecule has 2 fully saturated rings. The molecule has 0 amide bonds. The molecule has 0 saturated carbocycles. The normalized spacial score (nSPS) is 21.3. The Labute approximate surface area is 177 Å². The first-order valence-corrected chi connectivity index (χ1v) is 10.8. The Morgan fingerprint density at radius 3 is 2.48 bits per heavy atom. The zero-order chi connectivity index (χ0) is 20.2. The molecule has 2 heterocycles. The van der Waals surface area contributed by atoms with Gasteiger partial charge in [0, 0.05) is 56.0 Å². The lowest BCUT2D eigenvalue weighted by Crippen LogP contribution is -2.55. The van der Waals surface area contributed by atoms with Crippen molar-refractivity contribution in [3.63, 3.8) is 0 Å². The van der Waals surface area contributed by atoms with Gasteiger partial charge in [0.15, 0.2) is 0 Å². The van der Waals surface area contributed by atoms with E-state index in [2.05, 4.69) is 26.8 Å². The van der Waals surface area contributed by atoms with Crippen molar-refractivity contribution >= 4 is 17.3 Å². The fourth-order valence-corrected chi connectivity index (χ4v) is 4.73. The molecule has 4 rings (SSSR count). The molecule has 0 radical (unpaired) electrons. The number of hydrogen-bond acceptors (Lipinski definition) is 4. The average molecular weight is 418 g/mol. The van der Waals surface area contributed by atoms with E-state index in [-0.39, 0.29) is 5.82 Å². The van der Waals surface area contributed by atoms with Crippen LogP contribution in [0.15, 0.2) is 42.5 Å². The molecule has 2 aliphatic heterocycles. The van der Waals surface area contributed by atoms with Crippen LogP contribution in [0.2, 0.25) is 5.02 Å². The number of halogens is 2. The van der Waals surface area contributed by atoms with Crippen LogP contribution in [-0.2, 0) is 6.54 Å². The second kappa shape index (κ2) is 9.33. The summed E-state index contributed by atoms with van der Waals surface area (Å²) in [5.41, 5.74) is 2.28. The third-order valence-corrected chi connectivity index (χ3v) is 6.51. The third-order valence-electron chi connectivity index (χ3n) is 6.16. The van der Waals surface area contributed by atoms with Gasteiger partial charge in [-0.05, 0) is 61.3 Å². The maximum Gasteiger partial charge on any atom is 0.124 e. The maximum absolute atomic E-state index is 13.3. The SMILES string of the molecule is COc1ccc(N2CCN([C@@H]3CCCN(Cc4ccc(F)cc4Cl)C3)CC2)cc1. The van der Waals surface area contributed by atoms with Crippen molar-refractivity contribution in [2.24, 2.45) is 0 Å². The highest BCUT2D eigenvalue weighted by Gasteiger charge is 2.28. The van der Waals surface area contributed by atoms with Gasteiger partial charge in [-0.25, -0.2) is 4.39 Å². The Kier molecular flexibility index (Phi) is 6.58. The number of methoxy groups -OCH3 is 1. The molecule has 2 aromatic rings. The van der Waals surface area contributed by atoms with E-state index in [0.29, 0.717) is 11.1 Å². The Balaban J connectivity index is 1.31. The smallest absolute Gasteiger partial charge is 0.124 e. The van der Waals surface area contributed by atoms with Crippen LogP contribution in [0.3, 0.4) is 0 Å². The van der Waals surface area contributed by atoms with Gasteiger partial charge in [-0.15, -0.1) is 0 Å². The van der Waals surface area contributed by atoms with E-state index in [9.17, 15) is 4.39 Å². The Bertz CT molecular complexity index is 808. The van der Waals surface area contributed by atoms with Gasteiger partial charge in [0.2, 0.25) is 0 Å². The number of piperidine rings is 1. The second-order valence-corrected chi connectivity index (χ2v) is 8.40. The van der Waals surface area contributed by atoms with Crippen molar-refractivity contribution in [1.29, 1.82) is 0 Å². The molecule has 2 aliphatic rings. The lowest BCUT2D eigenvalue weighted by atomic mass is 10.0. The standard InChI is InChI=1S/C23H29ClFN3O/c1-29-22-8-6-20(7-9-22)27-11-13-28(14-12-27)21-3-2-10-26(17-21)16-18-4-5-19(25)15-23(18)24/h4-9,15,21H,2-3,10-14,16-17H2,1H3/t21-/m1/s1. The summed E-state index contributed by atoms with van der Waals surface area (Å²) in [6, 6.07) is 13.7. The van der Waals surface area contributed by atoms with E-state index in [4.69, 9.17) is 16.3 Å². The first kappa shape index (κ1) is 20.5. The molecule has 0 aliphatic carbocycles. The topological polar surface area (TPSA) is 19.0 Å². The summed E-state index contributed by atoms with van der Waals surface area (Å²) in [5, 5.41) is 0.528. The van der Waals surface area contributed by atoms with Crippen LogP contribution in [0, 0.1) is 5.82 Å². The summed E-state index contributed by atoms with van der Waals surface area (Å²) >= 11 is 6.24. The van der Waals surface area contributed by atoms with Crippen molar-refractivity contribution in [3.8, 4) is 5.75 Å². The predicted molar refractivity (Wildman–Crippen MR) is 116 cm³/mol. The molecule has 0 N–H and O–H groups in total. The number of benzene rings is 2.